The summed E-state index contributed by atoms with van der Waals surface area (Å²) in [5.41, 5.74) is 1.66. The maximum atomic E-state index is 13.3. The fraction of sp³-hybridized carbons (Fsp3) is 0.120. The van der Waals surface area contributed by atoms with Crippen LogP contribution in [-0.2, 0) is 16.4 Å². The van der Waals surface area contributed by atoms with Gasteiger partial charge in [0.05, 0.1) is 17.2 Å². The lowest BCUT2D eigenvalue weighted by atomic mass is 9.93. The maximum Gasteiger partial charge on any atom is 0.328 e. The highest BCUT2D eigenvalue weighted by Gasteiger charge is 2.24. The molecule has 0 radical (unpaired) electrons. The predicted octanol–water partition coefficient (Wildman–Crippen LogP) is 3.19. The summed E-state index contributed by atoms with van der Waals surface area (Å²) in [6.45, 7) is 0.229. The Labute approximate surface area is 185 Å². The Bertz CT molecular complexity index is 1370. The summed E-state index contributed by atoms with van der Waals surface area (Å²) in [4.78, 5) is 25.5. The van der Waals surface area contributed by atoms with E-state index >= 15 is 0 Å². The van der Waals surface area contributed by atoms with Gasteiger partial charge in [0.25, 0.3) is 5.56 Å². The molecule has 0 fully saturated rings. The van der Waals surface area contributed by atoms with Gasteiger partial charge in [-0.25, -0.2) is 13.2 Å². The van der Waals surface area contributed by atoms with E-state index in [1.165, 1.54) is 16.8 Å². The van der Waals surface area contributed by atoms with Gasteiger partial charge in [0.2, 0.25) is 0 Å². The second-order valence-electron chi connectivity index (χ2n) is 7.54. The van der Waals surface area contributed by atoms with E-state index in [0.717, 1.165) is 16.7 Å². The molecule has 1 N–H and O–H groups in total. The second kappa shape index (κ2) is 9.20. The highest BCUT2D eigenvalue weighted by molar-refractivity contribution is 7.91. The van der Waals surface area contributed by atoms with Gasteiger partial charge in [0, 0.05) is 18.2 Å². The summed E-state index contributed by atoms with van der Waals surface area (Å²) in [5.74, 6) is -0.346. The first-order valence-electron chi connectivity index (χ1n) is 10.1. The van der Waals surface area contributed by atoms with Gasteiger partial charge in [-0.15, -0.1) is 0 Å². The van der Waals surface area contributed by atoms with Crippen LogP contribution in [0.4, 0.5) is 0 Å². The summed E-state index contributed by atoms with van der Waals surface area (Å²) in [7, 11) is -3.58. The van der Waals surface area contributed by atoms with E-state index in [2.05, 4.69) is 4.98 Å². The predicted molar refractivity (Wildman–Crippen MR) is 124 cm³/mol. The Morgan fingerprint density at radius 3 is 1.84 bits per heavy atom. The normalized spacial score (nSPS) is 11.5. The van der Waals surface area contributed by atoms with E-state index in [1.807, 2.05) is 60.7 Å². The molecule has 0 aliphatic carbocycles. The first-order chi connectivity index (χ1) is 15.4. The van der Waals surface area contributed by atoms with Crippen LogP contribution in [0.2, 0.25) is 0 Å². The Balaban J connectivity index is 1.59. The molecule has 1 aromatic heterocycles. The smallest absolute Gasteiger partial charge is 0.296 e. The first kappa shape index (κ1) is 21.5. The zero-order chi connectivity index (χ0) is 22.6. The van der Waals surface area contributed by atoms with Crippen LogP contribution in [0.3, 0.4) is 0 Å². The lowest BCUT2D eigenvalue weighted by Crippen LogP contribution is -2.28. The minimum absolute atomic E-state index is 0.0558. The van der Waals surface area contributed by atoms with Crippen molar-refractivity contribution >= 4 is 9.84 Å². The van der Waals surface area contributed by atoms with Crippen LogP contribution in [0.15, 0.2) is 112 Å². The van der Waals surface area contributed by atoms with Crippen molar-refractivity contribution in [3.8, 4) is 0 Å². The standard InChI is InChI=1S/C25H22N2O4S/c28-24-15-16-27(25(29)26-24)17-19-11-13-22(14-12-19)32(30,31)18-23(20-7-3-1-4-8-20)21-9-5-2-6-10-21/h1-16,23H,17-18H2,(H,26,28,29). The number of aromatic amines is 1. The highest BCUT2D eigenvalue weighted by Crippen LogP contribution is 2.28. The van der Waals surface area contributed by atoms with E-state index < -0.39 is 21.1 Å². The molecule has 7 heteroatoms. The molecule has 0 unspecified atom stereocenters. The van der Waals surface area contributed by atoms with Crippen LogP contribution in [0.25, 0.3) is 0 Å². The Morgan fingerprint density at radius 2 is 1.31 bits per heavy atom. The average Bonchev–Trinajstić information content (AvgIpc) is 2.81. The van der Waals surface area contributed by atoms with Crippen molar-refractivity contribution in [2.24, 2.45) is 0 Å². The molecule has 1 heterocycles. The molecule has 0 saturated carbocycles. The van der Waals surface area contributed by atoms with Crippen LogP contribution >= 0.6 is 0 Å². The molecule has 4 aromatic rings. The van der Waals surface area contributed by atoms with Gasteiger partial charge in [0.15, 0.2) is 9.84 Å². The summed E-state index contributed by atoms with van der Waals surface area (Å²) in [5, 5.41) is 0. The zero-order valence-electron chi connectivity index (χ0n) is 17.2. The zero-order valence-corrected chi connectivity index (χ0v) is 18.0. The first-order valence-corrected chi connectivity index (χ1v) is 11.8. The van der Waals surface area contributed by atoms with Crippen molar-refractivity contribution in [1.29, 1.82) is 0 Å². The summed E-state index contributed by atoms with van der Waals surface area (Å²) < 4.78 is 27.9. The number of nitrogens with zero attached hydrogens (tertiary/aromatic N) is 1. The molecule has 0 aliphatic rings. The number of hydrogen-bond acceptors (Lipinski definition) is 4. The van der Waals surface area contributed by atoms with Crippen molar-refractivity contribution in [2.75, 3.05) is 5.75 Å². The van der Waals surface area contributed by atoms with Crippen LogP contribution < -0.4 is 11.2 Å². The minimum Gasteiger partial charge on any atom is -0.296 e. The largest absolute Gasteiger partial charge is 0.328 e. The van der Waals surface area contributed by atoms with Gasteiger partial charge in [-0.3, -0.25) is 14.3 Å². The third kappa shape index (κ3) is 4.95. The number of H-pyrrole nitrogens is 1. The molecule has 32 heavy (non-hydrogen) atoms. The molecule has 0 saturated heterocycles. The highest BCUT2D eigenvalue weighted by atomic mass is 32.2. The van der Waals surface area contributed by atoms with Crippen LogP contribution in [-0.4, -0.2) is 23.7 Å². The van der Waals surface area contributed by atoms with E-state index in [9.17, 15) is 18.0 Å². The molecule has 0 bridgehead atoms. The molecule has 0 atom stereocenters. The van der Waals surface area contributed by atoms with E-state index in [4.69, 9.17) is 0 Å². The lowest BCUT2D eigenvalue weighted by Gasteiger charge is -2.18. The van der Waals surface area contributed by atoms with Crippen molar-refractivity contribution in [1.82, 2.24) is 9.55 Å². The Kier molecular flexibility index (Phi) is 6.18. The third-order valence-electron chi connectivity index (χ3n) is 5.32. The number of hydrogen-bond donors (Lipinski definition) is 1. The van der Waals surface area contributed by atoms with E-state index in [1.54, 1.807) is 24.3 Å². The molecule has 0 amide bonds. The van der Waals surface area contributed by atoms with E-state index in [-0.39, 0.29) is 23.1 Å². The molecular formula is C25H22N2O4S. The molecule has 3 aromatic carbocycles. The lowest BCUT2D eigenvalue weighted by molar-refractivity contribution is 0.592. The van der Waals surface area contributed by atoms with Crippen molar-refractivity contribution < 1.29 is 8.42 Å². The van der Waals surface area contributed by atoms with E-state index in [0.29, 0.717) is 0 Å². The summed E-state index contributed by atoms with van der Waals surface area (Å²) in [6.07, 6.45) is 1.41. The molecular weight excluding hydrogens is 424 g/mol. The van der Waals surface area contributed by atoms with Crippen molar-refractivity contribution in [3.63, 3.8) is 0 Å². The molecule has 0 spiro atoms. The minimum atomic E-state index is -3.58. The topological polar surface area (TPSA) is 89.0 Å². The fourth-order valence-corrected chi connectivity index (χ4v) is 5.21. The third-order valence-corrected chi connectivity index (χ3v) is 7.08. The van der Waals surface area contributed by atoms with Gasteiger partial charge < -0.3 is 0 Å². The van der Waals surface area contributed by atoms with Gasteiger partial charge in [0.1, 0.15) is 0 Å². The SMILES string of the molecule is O=c1ccn(Cc2ccc(S(=O)(=O)CC(c3ccccc3)c3ccccc3)cc2)c(=O)[nH]1. The Hall–Kier alpha value is -3.71. The second-order valence-corrected chi connectivity index (χ2v) is 9.57. The van der Waals surface area contributed by atoms with Gasteiger partial charge in [-0.05, 0) is 28.8 Å². The fourth-order valence-electron chi connectivity index (χ4n) is 3.64. The molecule has 162 valence electrons. The number of rotatable bonds is 7. The molecule has 4 rings (SSSR count). The maximum absolute atomic E-state index is 13.3. The molecule has 0 aliphatic heterocycles. The van der Waals surface area contributed by atoms with Crippen molar-refractivity contribution in [3.05, 3.63) is 135 Å². The van der Waals surface area contributed by atoms with Gasteiger partial charge in [-0.1, -0.05) is 72.8 Å². The van der Waals surface area contributed by atoms with Crippen LogP contribution in [0.5, 0.6) is 0 Å². The Morgan fingerprint density at radius 1 is 0.750 bits per heavy atom. The van der Waals surface area contributed by atoms with Crippen LogP contribution in [0.1, 0.15) is 22.6 Å². The quantitative estimate of drug-likeness (QED) is 0.472. The number of nitrogens with one attached hydrogen (secondary N) is 1. The number of sulfone groups is 1. The number of aromatic nitrogens is 2. The summed E-state index contributed by atoms with van der Waals surface area (Å²) >= 11 is 0. The van der Waals surface area contributed by atoms with Crippen molar-refractivity contribution in [2.45, 2.75) is 17.4 Å². The molecule has 6 nitrogen and oxygen atoms in total. The van der Waals surface area contributed by atoms with Gasteiger partial charge in [-0.2, -0.15) is 0 Å². The van der Waals surface area contributed by atoms with Gasteiger partial charge >= 0.3 is 5.69 Å². The summed E-state index contributed by atoms with van der Waals surface area (Å²) in [6, 6.07) is 27.0. The van der Waals surface area contributed by atoms with Crippen LogP contribution in [0, 0.1) is 0 Å². The number of benzene rings is 3. The monoisotopic (exact) mass is 446 g/mol. The average molecular weight is 447 g/mol.